The minimum atomic E-state index is -3.67. The van der Waals surface area contributed by atoms with E-state index in [1.807, 2.05) is 0 Å². The van der Waals surface area contributed by atoms with Gasteiger partial charge < -0.3 is 5.73 Å². The molecule has 0 saturated carbocycles. The van der Waals surface area contributed by atoms with Crippen LogP contribution in [0.1, 0.15) is 5.56 Å². The van der Waals surface area contributed by atoms with Crippen molar-refractivity contribution in [1.29, 1.82) is 0 Å². The number of sulfone groups is 1. The molecule has 0 atom stereocenters. The zero-order valence-electron chi connectivity index (χ0n) is 10.2. The fourth-order valence-electron chi connectivity index (χ4n) is 1.28. The van der Waals surface area contributed by atoms with Crippen LogP contribution in [0, 0.1) is 6.92 Å². The van der Waals surface area contributed by atoms with Gasteiger partial charge in [-0.2, -0.15) is 0 Å². The molecule has 8 heteroatoms. The number of rotatable bonds is 5. The maximum Gasteiger partial charge on any atom is 0.233 e. The van der Waals surface area contributed by atoms with E-state index in [-0.39, 0.29) is 0 Å². The van der Waals surface area contributed by atoms with E-state index in [0.29, 0.717) is 16.9 Å². The van der Waals surface area contributed by atoms with E-state index in [2.05, 4.69) is 4.72 Å². The number of nitrogens with two attached hydrogens (primary N) is 1. The monoisotopic (exact) mass is 292 g/mol. The number of hydrogen-bond acceptors (Lipinski definition) is 5. The Morgan fingerprint density at radius 2 is 1.78 bits per heavy atom. The van der Waals surface area contributed by atoms with Gasteiger partial charge in [-0.3, -0.25) is 4.72 Å². The summed E-state index contributed by atoms with van der Waals surface area (Å²) in [5, 5.41) is 0. The Labute approximate surface area is 107 Å². The van der Waals surface area contributed by atoms with Crippen LogP contribution in [0.15, 0.2) is 18.2 Å². The number of nitrogen functional groups attached to an aromatic ring is 1. The van der Waals surface area contributed by atoms with Crippen LogP contribution in [-0.2, 0) is 19.9 Å². The second-order valence-electron chi connectivity index (χ2n) is 4.13. The number of sulfonamides is 1. The molecule has 0 amide bonds. The van der Waals surface area contributed by atoms with Gasteiger partial charge >= 0.3 is 0 Å². The van der Waals surface area contributed by atoms with Gasteiger partial charge in [-0.25, -0.2) is 16.8 Å². The molecule has 0 heterocycles. The van der Waals surface area contributed by atoms with Crippen LogP contribution in [0.25, 0.3) is 0 Å². The maximum absolute atomic E-state index is 11.7. The van der Waals surface area contributed by atoms with E-state index in [1.165, 1.54) is 0 Å². The van der Waals surface area contributed by atoms with Crippen molar-refractivity contribution < 1.29 is 16.8 Å². The molecule has 0 unspecified atom stereocenters. The van der Waals surface area contributed by atoms with Gasteiger partial charge in [0.25, 0.3) is 0 Å². The van der Waals surface area contributed by atoms with Crippen LogP contribution < -0.4 is 10.5 Å². The normalized spacial score (nSPS) is 12.3. The van der Waals surface area contributed by atoms with E-state index in [0.717, 1.165) is 6.26 Å². The molecule has 102 valence electrons. The molecule has 0 saturated heterocycles. The van der Waals surface area contributed by atoms with Gasteiger partial charge in [0.1, 0.15) is 9.84 Å². The molecule has 0 radical (unpaired) electrons. The van der Waals surface area contributed by atoms with Gasteiger partial charge in [-0.15, -0.1) is 0 Å². The SMILES string of the molecule is Cc1cc(N)ccc1NS(=O)(=O)CCS(C)(=O)=O. The molecule has 0 aliphatic carbocycles. The Morgan fingerprint density at radius 1 is 1.17 bits per heavy atom. The Bertz CT molecular complexity index is 636. The molecule has 1 aromatic rings. The number of hydrogen-bond donors (Lipinski definition) is 2. The molecule has 6 nitrogen and oxygen atoms in total. The zero-order chi connectivity index (χ0) is 14.0. The average molecular weight is 292 g/mol. The van der Waals surface area contributed by atoms with E-state index >= 15 is 0 Å². The summed E-state index contributed by atoms with van der Waals surface area (Å²) in [6, 6.07) is 4.75. The molecular formula is C10H16N2O4S2. The number of nitrogens with one attached hydrogen (secondary N) is 1. The predicted molar refractivity (Wildman–Crippen MR) is 72.7 cm³/mol. The predicted octanol–water partition coefficient (Wildman–Crippen LogP) is 0.364. The summed E-state index contributed by atoms with van der Waals surface area (Å²) in [6.07, 6.45) is 0.997. The smallest absolute Gasteiger partial charge is 0.233 e. The number of aryl methyl sites for hydroxylation is 1. The van der Waals surface area contributed by atoms with Gasteiger partial charge in [0.15, 0.2) is 0 Å². The molecule has 0 fully saturated rings. The largest absolute Gasteiger partial charge is 0.399 e. The van der Waals surface area contributed by atoms with Crippen LogP contribution in [0.5, 0.6) is 0 Å². The lowest BCUT2D eigenvalue weighted by atomic mass is 10.2. The van der Waals surface area contributed by atoms with Crippen molar-refractivity contribution in [1.82, 2.24) is 0 Å². The van der Waals surface area contributed by atoms with Crippen molar-refractivity contribution in [2.24, 2.45) is 0 Å². The first-order valence-corrected chi connectivity index (χ1v) is 8.85. The van der Waals surface area contributed by atoms with E-state index in [1.54, 1.807) is 25.1 Å². The van der Waals surface area contributed by atoms with Gasteiger partial charge in [-0.05, 0) is 30.7 Å². The first-order valence-electron chi connectivity index (χ1n) is 5.13. The molecule has 0 aromatic heterocycles. The van der Waals surface area contributed by atoms with Gasteiger partial charge in [0, 0.05) is 11.9 Å². The fourth-order valence-corrected chi connectivity index (χ4v) is 4.04. The summed E-state index contributed by atoms with van der Waals surface area (Å²) in [7, 11) is -6.98. The average Bonchev–Trinajstić information content (AvgIpc) is 2.19. The summed E-state index contributed by atoms with van der Waals surface area (Å²) in [5.74, 6) is -0.869. The first kappa shape index (κ1) is 14.8. The van der Waals surface area contributed by atoms with Crippen molar-refractivity contribution in [2.45, 2.75) is 6.92 Å². The third kappa shape index (κ3) is 4.92. The second kappa shape index (κ2) is 5.15. The Morgan fingerprint density at radius 3 is 2.28 bits per heavy atom. The lowest BCUT2D eigenvalue weighted by Gasteiger charge is -2.10. The van der Waals surface area contributed by atoms with Gasteiger partial charge in [0.2, 0.25) is 10.0 Å². The highest BCUT2D eigenvalue weighted by Crippen LogP contribution is 2.18. The lowest BCUT2D eigenvalue weighted by Crippen LogP contribution is -2.22. The van der Waals surface area contributed by atoms with E-state index in [9.17, 15) is 16.8 Å². The zero-order valence-corrected chi connectivity index (χ0v) is 11.8. The maximum atomic E-state index is 11.7. The fraction of sp³-hybridized carbons (Fsp3) is 0.400. The highest BCUT2D eigenvalue weighted by atomic mass is 32.2. The number of anilines is 2. The molecule has 0 aliphatic rings. The van der Waals surface area contributed by atoms with Crippen LogP contribution in [0.2, 0.25) is 0 Å². The topological polar surface area (TPSA) is 106 Å². The standard InChI is InChI=1S/C10H16N2O4S2/c1-8-7-9(11)3-4-10(8)12-18(15,16)6-5-17(2,13)14/h3-4,7,12H,5-6,11H2,1-2H3. The Hall–Kier alpha value is -1.28. The van der Waals surface area contributed by atoms with Crippen LogP contribution in [-0.4, -0.2) is 34.6 Å². The van der Waals surface area contributed by atoms with E-state index < -0.39 is 31.4 Å². The molecule has 0 bridgehead atoms. The molecular weight excluding hydrogens is 276 g/mol. The summed E-state index contributed by atoms with van der Waals surface area (Å²) in [5.41, 5.74) is 7.16. The third-order valence-electron chi connectivity index (χ3n) is 2.24. The first-order chi connectivity index (χ1) is 8.09. The minimum absolute atomic E-state index is 0.401. The summed E-state index contributed by atoms with van der Waals surface area (Å²) < 4.78 is 47.6. The molecule has 1 aromatic carbocycles. The van der Waals surface area contributed by atoms with Gasteiger partial charge in [-0.1, -0.05) is 0 Å². The number of benzene rings is 1. The van der Waals surface area contributed by atoms with Crippen LogP contribution in [0.4, 0.5) is 11.4 Å². The Balaban J connectivity index is 2.83. The highest BCUT2D eigenvalue weighted by molar-refractivity contribution is 7.95. The van der Waals surface area contributed by atoms with Crippen molar-refractivity contribution in [2.75, 3.05) is 28.2 Å². The van der Waals surface area contributed by atoms with E-state index in [4.69, 9.17) is 5.73 Å². The molecule has 1 rings (SSSR count). The lowest BCUT2D eigenvalue weighted by molar-refractivity contribution is 0.593. The van der Waals surface area contributed by atoms with Crippen molar-refractivity contribution >= 4 is 31.2 Å². The second-order valence-corrected chi connectivity index (χ2v) is 8.23. The molecule has 0 aliphatic heterocycles. The van der Waals surface area contributed by atoms with Crippen molar-refractivity contribution in [3.05, 3.63) is 23.8 Å². The quantitative estimate of drug-likeness (QED) is 0.762. The highest BCUT2D eigenvalue weighted by Gasteiger charge is 2.15. The molecule has 18 heavy (non-hydrogen) atoms. The third-order valence-corrected chi connectivity index (χ3v) is 4.72. The van der Waals surface area contributed by atoms with Gasteiger partial charge in [0.05, 0.1) is 17.2 Å². The summed E-state index contributed by atoms with van der Waals surface area (Å²) in [6.45, 7) is 1.71. The Kier molecular flexibility index (Phi) is 4.23. The minimum Gasteiger partial charge on any atom is -0.399 e. The van der Waals surface area contributed by atoms with Crippen LogP contribution >= 0.6 is 0 Å². The molecule has 0 spiro atoms. The van der Waals surface area contributed by atoms with Crippen molar-refractivity contribution in [3.8, 4) is 0 Å². The van der Waals surface area contributed by atoms with Crippen LogP contribution in [0.3, 0.4) is 0 Å². The van der Waals surface area contributed by atoms with Crippen molar-refractivity contribution in [3.63, 3.8) is 0 Å². The summed E-state index contributed by atoms with van der Waals surface area (Å²) in [4.78, 5) is 0. The summed E-state index contributed by atoms with van der Waals surface area (Å²) >= 11 is 0. The molecule has 3 N–H and O–H groups in total.